The molecule has 2 heteroatoms. The summed E-state index contributed by atoms with van der Waals surface area (Å²) in [5.74, 6) is 0. The first-order valence-corrected chi connectivity index (χ1v) is 9.12. The first kappa shape index (κ1) is 15.1. The summed E-state index contributed by atoms with van der Waals surface area (Å²) in [6.45, 7) is 6.83. The van der Waals surface area contributed by atoms with Crippen LogP contribution in [0.4, 0.5) is 0 Å². The maximum Gasteiger partial charge on any atom is 0.0927 e. The van der Waals surface area contributed by atoms with Crippen molar-refractivity contribution in [2.75, 3.05) is 0 Å². The average Bonchev–Trinajstić information content (AvgIpc) is 3.08. The molecule has 3 rings (SSSR count). The van der Waals surface area contributed by atoms with Gasteiger partial charge in [0, 0.05) is 9.75 Å². The van der Waals surface area contributed by atoms with Crippen LogP contribution in [0.3, 0.4) is 0 Å². The second kappa shape index (κ2) is 5.78. The van der Waals surface area contributed by atoms with Gasteiger partial charge in [0.2, 0.25) is 0 Å². The SMILES string of the molecule is CCC(C)(C)c1ccc(C(Cl)c2cc3c(s2)CCC3)cc1. The predicted octanol–water partition coefficient (Wildman–Crippen LogP) is 6.25. The van der Waals surface area contributed by atoms with Gasteiger partial charge in [-0.1, -0.05) is 45.0 Å². The maximum absolute atomic E-state index is 6.71. The Hall–Kier alpha value is -0.790. The van der Waals surface area contributed by atoms with Crippen LogP contribution in [0.2, 0.25) is 0 Å². The third kappa shape index (κ3) is 2.91. The number of hydrogen-bond donors (Lipinski definition) is 0. The van der Waals surface area contributed by atoms with Gasteiger partial charge in [0.15, 0.2) is 0 Å². The molecule has 1 aromatic carbocycles. The standard InChI is InChI=1S/C19H23ClS/c1-4-19(2,3)15-10-8-13(9-11-15)18(20)17-12-14-6-5-7-16(14)21-17/h8-12,18H,4-7H2,1-3H3. The van der Waals surface area contributed by atoms with E-state index in [4.69, 9.17) is 11.6 Å². The molecule has 0 aliphatic heterocycles. The minimum atomic E-state index is -0.000566. The Kier molecular flexibility index (Phi) is 4.16. The summed E-state index contributed by atoms with van der Waals surface area (Å²) in [4.78, 5) is 2.86. The van der Waals surface area contributed by atoms with Crippen LogP contribution in [0.1, 0.15) is 65.4 Å². The van der Waals surface area contributed by atoms with E-state index in [1.807, 2.05) is 11.3 Å². The van der Waals surface area contributed by atoms with Gasteiger partial charge in [0.1, 0.15) is 0 Å². The molecule has 0 bridgehead atoms. The number of alkyl halides is 1. The van der Waals surface area contributed by atoms with Crippen molar-refractivity contribution in [3.05, 3.63) is 56.8 Å². The van der Waals surface area contributed by atoms with Gasteiger partial charge < -0.3 is 0 Å². The van der Waals surface area contributed by atoms with Gasteiger partial charge in [0.25, 0.3) is 0 Å². The fraction of sp³-hybridized carbons (Fsp3) is 0.474. The number of halogens is 1. The molecule has 0 saturated heterocycles. The van der Waals surface area contributed by atoms with Crippen molar-refractivity contribution in [3.8, 4) is 0 Å². The summed E-state index contributed by atoms with van der Waals surface area (Å²) in [5.41, 5.74) is 4.38. The molecule has 21 heavy (non-hydrogen) atoms. The van der Waals surface area contributed by atoms with E-state index in [-0.39, 0.29) is 10.8 Å². The third-order valence-corrected chi connectivity index (χ3v) is 6.80. The smallest absolute Gasteiger partial charge is 0.0927 e. The molecule has 1 aliphatic carbocycles. The molecule has 1 atom stereocenters. The van der Waals surface area contributed by atoms with E-state index < -0.39 is 0 Å². The fourth-order valence-electron chi connectivity index (χ4n) is 2.95. The van der Waals surface area contributed by atoms with E-state index >= 15 is 0 Å². The average molecular weight is 319 g/mol. The Bertz CT molecular complexity index is 600. The molecule has 0 nitrogen and oxygen atoms in total. The molecule has 1 aliphatic rings. The Balaban J connectivity index is 1.83. The highest BCUT2D eigenvalue weighted by atomic mass is 35.5. The fourth-order valence-corrected chi connectivity index (χ4v) is 4.55. The number of fused-ring (bicyclic) bond motifs is 1. The zero-order chi connectivity index (χ0) is 15.0. The number of aryl methyl sites for hydroxylation is 2. The maximum atomic E-state index is 6.71. The van der Waals surface area contributed by atoms with Gasteiger partial charge in [-0.25, -0.2) is 0 Å². The molecule has 0 N–H and O–H groups in total. The lowest BCUT2D eigenvalue weighted by Gasteiger charge is -2.23. The number of hydrogen-bond acceptors (Lipinski definition) is 1. The zero-order valence-electron chi connectivity index (χ0n) is 13.1. The molecular weight excluding hydrogens is 296 g/mol. The lowest BCUT2D eigenvalue weighted by Crippen LogP contribution is -2.15. The van der Waals surface area contributed by atoms with E-state index in [1.165, 1.54) is 40.8 Å². The van der Waals surface area contributed by atoms with Crippen molar-refractivity contribution < 1.29 is 0 Å². The van der Waals surface area contributed by atoms with Crippen LogP contribution in [-0.2, 0) is 18.3 Å². The highest BCUT2D eigenvalue weighted by Gasteiger charge is 2.21. The van der Waals surface area contributed by atoms with Crippen LogP contribution in [-0.4, -0.2) is 0 Å². The Labute approximate surface area is 137 Å². The van der Waals surface area contributed by atoms with Gasteiger partial charge in [0.05, 0.1) is 5.38 Å². The first-order valence-electron chi connectivity index (χ1n) is 7.87. The van der Waals surface area contributed by atoms with E-state index in [9.17, 15) is 0 Å². The molecule has 1 unspecified atom stereocenters. The molecule has 0 radical (unpaired) electrons. The van der Waals surface area contributed by atoms with Crippen molar-refractivity contribution in [1.82, 2.24) is 0 Å². The molecule has 1 heterocycles. The largest absolute Gasteiger partial charge is 0.143 e. The van der Waals surface area contributed by atoms with Gasteiger partial charge in [-0.3, -0.25) is 0 Å². The third-order valence-electron chi connectivity index (χ3n) is 4.88. The lowest BCUT2D eigenvalue weighted by atomic mass is 9.82. The van der Waals surface area contributed by atoms with Crippen LogP contribution in [0.5, 0.6) is 0 Å². The molecule has 0 fully saturated rings. The zero-order valence-corrected chi connectivity index (χ0v) is 14.7. The normalized spacial score (nSPS) is 16.0. The number of thiophene rings is 1. The van der Waals surface area contributed by atoms with Crippen LogP contribution in [0, 0.1) is 0 Å². The second-order valence-electron chi connectivity index (χ2n) is 6.67. The second-order valence-corrected chi connectivity index (χ2v) is 8.28. The van der Waals surface area contributed by atoms with E-state index in [0.29, 0.717) is 0 Å². The quantitative estimate of drug-likeness (QED) is 0.584. The van der Waals surface area contributed by atoms with Crippen molar-refractivity contribution >= 4 is 22.9 Å². The van der Waals surface area contributed by atoms with Crippen LogP contribution >= 0.6 is 22.9 Å². The molecule has 0 amide bonds. The van der Waals surface area contributed by atoms with Gasteiger partial charge >= 0.3 is 0 Å². The Morgan fingerprint density at radius 3 is 2.52 bits per heavy atom. The molecule has 2 aromatic rings. The minimum Gasteiger partial charge on any atom is -0.143 e. The summed E-state index contributed by atoms with van der Waals surface area (Å²) >= 11 is 8.62. The Morgan fingerprint density at radius 1 is 1.19 bits per heavy atom. The molecule has 112 valence electrons. The van der Waals surface area contributed by atoms with Crippen molar-refractivity contribution in [2.45, 2.75) is 57.2 Å². The molecule has 0 spiro atoms. The number of rotatable bonds is 4. The number of benzene rings is 1. The summed E-state index contributed by atoms with van der Waals surface area (Å²) in [7, 11) is 0. The van der Waals surface area contributed by atoms with Gasteiger partial charge in [-0.15, -0.1) is 22.9 Å². The summed E-state index contributed by atoms with van der Waals surface area (Å²) < 4.78 is 0. The summed E-state index contributed by atoms with van der Waals surface area (Å²) in [6.07, 6.45) is 4.94. The highest BCUT2D eigenvalue weighted by Crippen LogP contribution is 2.39. The monoisotopic (exact) mass is 318 g/mol. The van der Waals surface area contributed by atoms with Gasteiger partial charge in [-0.2, -0.15) is 0 Å². The van der Waals surface area contributed by atoms with Crippen LogP contribution in [0.25, 0.3) is 0 Å². The van der Waals surface area contributed by atoms with Crippen LogP contribution in [0.15, 0.2) is 30.3 Å². The van der Waals surface area contributed by atoms with Crippen LogP contribution < -0.4 is 0 Å². The topological polar surface area (TPSA) is 0 Å². The minimum absolute atomic E-state index is 0.000566. The molecule has 0 saturated carbocycles. The predicted molar refractivity (Wildman–Crippen MR) is 93.8 cm³/mol. The van der Waals surface area contributed by atoms with E-state index in [1.54, 1.807) is 4.88 Å². The Morgan fingerprint density at radius 2 is 1.90 bits per heavy atom. The van der Waals surface area contributed by atoms with E-state index in [0.717, 1.165) is 6.42 Å². The van der Waals surface area contributed by atoms with Gasteiger partial charge in [-0.05, 0) is 53.9 Å². The van der Waals surface area contributed by atoms with Crippen molar-refractivity contribution in [3.63, 3.8) is 0 Å². The molecular formula is C19H23ClS. The van der Waals surface area contributed by atoms with Crippen molar-refractivity contribution in [1.29, 1.82) is 0 Å². The summed E-state index contributed by atoms with van der Waals surface area (Å²) in [6, 6.07) is 11.2. The first-order chi connectivity index (χ1) is 10.0. The van der Waals surface area contributed by atoms with Crippen molar-refractivity contribution in [2.24, 2.45) is 0 Å². The lowest BCUT2D eigenvalue weighted by molar-refractivity contribution is 0.506. The summed E-state index contributed by atoms with van der Waals surface area (Å²) in [5, 5.41) is -0.000566. The van der Waals surface area contributed by atoms with E-state index in [2.05, 4.69) is 51.1 Å². The highest BCUT2D eigenvalue weighted by molar-refractivity contribution is 7.12. The molecule has 1 aromatic heterocycles.